The molecule has 0 aliphatic carbocycles. The van der Waals surface area contributed by atoms with Gasteiger partial charge in [0.1, 0.15) is 0 Å². The van der Waals surface area contributed by atoms with Crippen LogP contribution in [-0.2, 0) is 4.79 Å². The van der Waals surface area contributed by atoms with Crippen molar-refractivity contribution in [3.63, 3.8) is 0 Å². The number of benzene rings is 1. The van der Waals surface area contributed by atoms with E-state index in [9.17, 15) is 9.59 Å². The van der Waals surface area contributed by atoms with Gasteiger partial charge in [0.25, 0.3) is 0 Å². The first-order valence-corrected chi connectivity index (χ1v) is 6.51. The molecule has 0 heterocycles. The average molecular weight is 283 g/mol. The minimum atomic E-state index is -1.03. The van der Waals surface area contributed by atoms with Crippen LogP contribution in [0.25, 0.3) is 0 Å². The Morgan fingerprint density at radius 2 is 2.11 bits per heavy atom. The number of aromatic carboxylic acids is 1. The summed E-state index contributed by atoms with van der Waals surface area (Å²) in [5, 5.41) is 9.26. The van der Waals surface area contributed by atoms with Crippen LogP contribution in [0.2, 0.25) is 5.02 Å². The van der Waals surface area contributed by atoms with E-state index in [4.69, 9.17) is 16.7 Å². The number of rotatable bonds is 3. The van der Waals surface area contributed by atoms with Crippen LogP contribution in [0.1, 0.15) is 29.3 Å². The van der Waals surface area contributed by atoms with Crippen molar-refractivity contribution < 1.29 is 14.7 Å². The monoisotopic (exact) mass is 282 g/mol. The van der Waals surface area contributed by atoms with Gasteiger partial charge in [0.05, 0.1) is 5.56 Å². The van der Waals surface area contributed by atoms with Gasteiger partial charge < -0.3 is 5.11 Å². The molecule has 1 aromatic rings. The summed E-state index contributed by atoms with van der Waals surface area (Å²) in [5.41, 5.74) is 0.678. The minimum absolute atomic E-state index is 0.0627. The van der Waals surface area contributed by atoms with Crippen LogP contribution in [-0.4, -0.2) is 21.9 Å². The lowest BCUT2D eigenvalue weighted by Crippen LogP contribution is -1.96. The molecule has 94 valence electrons. The molecule has 0 fully saturated rings. The molecule has 0 amide bonds. The molecule has 1 N–H and O–H groups in total. The van der Waals surface area contributed by atoms with E-state index in [1.807, 2.05) is 0 Å². The Kier molecular flexibility index (Phi) is 5.76. The fraction of sp³-hybridized carbons (Fsp3) is 0.231. The van der Waals surface area contributed by atoms with E-state index in [1.54, 1.807) is 6.07 Å². The first-order chi connectivity index (χ1) is 8.49. The van der Waals surface area contributed by atoms with Crippen LogP contribution in [0.15, 0.2) is 18.2 Å². The summed E-state index contributed by atoms with van der Waals surface area (Å²) in [4.78, 5) is 21.5. The molecule has 3 nitrogen and oxygen atoms in total. The van der Waals surface area contributed by atoms with Gasteiger partial charge >= 0.3 is 5.97 Å². The molecule has 1 rings (SSSR count). The SMILES string of the molecule is CC(=O)SCCC#Cc1cc(Cl)cc(C(=O)O)c1. The summed E-state index contributed by atoms with van der Waals surface area (Å²) in [6, 6.07) is 4.46. The average Bonchev–Trinajstić information content (AvgIpc) is 2.27. The third kappa shape index (κ3) is 5.26. The fourth-order valence-corrected chi connectivity index (χ4v) is 1.92. The summed E-state index contributed by atoms with van der Waals surface area (Å²) in [5.74, 6) is 5.31. The molecule has 0 atom stereocenters. The van der Waals surface area contributed by atoms with Gasteiger partial charge in [-0.2, -0.15) is 0 Å². The van der Waals surface area contributed by atoms with Crippen molar-refractivity contribution in [2.75, 3.05) is 5.75 Å². The standard InChI is InChI=1S/C13H11ClO3S/c1-9(15)18-5-3-2-4-10-6-11(13(16)17)8-12(14)7-10/h6-8H,3,5H2,1H3,(H,16,17). The second-order valence-electron chi connectivity index (χ2n) is 3.43. The van der Waals surface area contributed by atoms with Crippen molar-refractivity contribution in [1.29, 1.82) is 0 Å². The van der Waals surface area contributed by atoms with E-state index in [0.717, 1.165) is 0 Å². The van der Waals surface area contributed by atoms with Crippen LogP contribution in [0.4, 0.5) is 0 Å². The number of carboxylic acid groups (broad SMARTS) is 1. The van der Waals surface area contributed by atoms with Crippen LogP contribution >= 0.6 is 23.4 Å². The molecule has 0 saturated heterocycles. The van der Waals surface area contributed by atoms with Crippen molar-refractivity contribution >= 4 is 34.4 Å². The summed E-state index contributed by atoms with van der Waals surface area (Å²) in [7, 11) is 0. The lowest BCUT2D eigenvalue weighted by Gasteiger charge is -1.97. The molecule has 0 unspecified atom stereocenters. The van der Waals surface area contributed by atoms with Gasteiger partial charge in [0.2, 0.25) is 0 Å². The number of thioether (sulfide) groups is 1. The van der Waals surface area contributed by atoms with E-state index in [2.05, 4.69) is 11.8 Å². The second-order valence-corrected chi connectivity index (χ2v) is 5.13. The third-order valence-corrected chi connectivity index (χ3v) is 2.94. The Morgan fingerprint density at radius 3 is 2.72 bits per heavy atom. The molecule has 0 aromatic heterocycles. The highest BCUT2D eigenvalue weighted by atomic mass is 35.5. The normalized spacial score (nSPS) is 9.44. The van der Waals surface area contributed by atoms with Crippen LogP contribution < -0.4 is 0 Å². The summed E-state index contributed by atoms with van der Waals surface area (Å²) >= 11 is 7.01. The number of hydrogen-bond acceptors (Lipinski definition) is 3. The first kappa shape index (κ1) is 14.6. The second kappa shape index (κ2) is 7.10. The van der Waals surface area contributed by atoms with E-state index in [0.29, 0.717) is 22.8 Å². The molecule has 0 aliphatic heterocycles. The van der Waals surface area contributed by atoms with Gasteiger partial charge in [-0.05, 0) is 18.2 Å². The molecular formula is C13H11ClO3S. The Hall–Kier alpha value is -1.44. The van der Waals surface area contributed by atoms with E-state index in [1.165, 1.54) is 30.8 Å². The van der Waals surface area contributed by atoms with Gasteiger partial charge in [-0.25, -0.2) is 4.79 Å². The Labute approximate surface area is 115 Å². The van der Waals surface area contributed by atoms with Crippen LogP contribution in [0, 0.1) is 11.8 Å². The predicted octanol–water partition coefficient (Wildman–Crippen LogP) is 3.06. The fourth-order valence-electron chi connectivity index (χ4n) is 1.20. The molecule has 18 heavy (non-hydrogen) atoms. The maximum absolute atomic E-state index is 10.8. The number of carbonyl (C=O) groups excluding carboxylic acids is 1. The first-order valence-electron chi connectivity index (χ1n) is 5.15. The van der Waals surface area contributed by atoms with E-state index in [-0.39, 0.29) is 10.7 Å². The largest absolute Gasteiger partial charge is 0.478 e. The van der Waals surface area contributed by atoms with Gasteiger partial charge in [0, 0.05) is 29.7 Å². The van der Waals surface area contributed by atoms with Crippen molar-refractivity contribution in [2.24, 2.45) is 0 Å². The number of carboxylic acids is 1. The maximum Gasteiger partial charge on any atom is 0.335 e. The number of halogens is 1. The van der Waals surface area contributed by atoms with Gasteiger partial charge in [0.15, 0.2) is 5.12 Å². The zero-order chi connectivity index (χ0) is 13.5. The maximum atomic E-state index is 10.8. The Bertz CT molecular complexity index is 529. The lowest BCUT2D eigenvalue weighted by molar-refractivity contribution is -0.109. The highest BCUT2D eigenvalue weighted by Crippen LogP contribution is 2.14. The van der Waals surface area contributed by atoms with Crippen LogP contribution in [0.5, 0.6) is 0 Å². The highest BCUT2D eigenvalue weighted by Gasteiger charge is 2.04. The smallest absolute Gasteiger partial charge is 0.335 e. The van der Waals surface area contributed by atoms with E-state index < -0.39 is 5.97 Å². The van der Waals surface area contributed by atoms with Gasteiger partial charge in [-0.3, -0.25) is 4.79 Å². The topological polar surface area (TPSA) is 54.4 Å². The number of carbonyl (C=O) groups is 2. The summed E-state index contributed by atoms with van der Waals surface area (Å²) in [6.45, 7) is 1.51. The Balaban J connectivity index is 2.70. The molecule has 0 aliphatic rings. The lowest BCUT2D eigenvalue weighted by atomic mass is 10.1. The van der Waals surface area contributed by atoms with Crippen LogP contribution in [0.3, 0.4) is 0 Å². The molecule has 0 radical (unpaired) electrons. The zero-order valence-electron chi connectivity index (χ0n) is 9.70. The van der Waals surface area contributed by atoms with Crippen molar-refractivity contribution in [1.82, 2.24) is 0 Å². The van der Waals surface area contributed by atoms with E-state index >= 15 is 0 Å². The molecule has 0 saturated carbocycles. The zero-order valence-corrected chi connectivity index (χ0v) is 11.3. The van der Waals surface area contributed by atoms with Crippen molar-refractivity contribution in [3.8, 4) is 11.8 Å². The minimum Gasteiger partial charge on any atom is -0.478 e. The molecule has 5 heteroatoms. The molecule has 0 spiro atoms. The highest BCUT2D eigenvalue weighted by molar-refractivity contribution is 8.13. The third-order valence-electron chi connectivity index (χ3n) is 1.91. The van der Waals surface area contributed by atoms with Crippen molar-refractivity contribution in [2.45, 2.75) is 13.3 Å². The summed E-state index contributed by atoms with van der Waals surface area (Å²) < 4.78 is 0. The Morgan fingerprint density at radius 1 is 1.39 bits per heavy atom. The predicted molar refractivity (Wildman–Crippen MR) is 73.0 cm³/mol. The van der Waals surface area contributed by atoms with Crippen molar-refractivity contribution in [3.05, 3.63) is 34.3 Å². The molecule has 1 aromatic carbocycles. The van der Waals surface area contributed by atoms with Gasteiger partial charge in [-0.1, -0.05) is 35.2 Å². The quantitative estimate of drug-likeness (QED) is 0.684. The summed E-state index contributed by atoms with van der Waals surface area (Å²) in [6.07, 6.45) is 0.569. The molecule has 0 bridgehead atoms. The number of hydrogen-bond donors (Lipinski definition) is 1. The van der Waals surface area contributed by atoms with Gasteiger partial charge in [-0.15, -0.1) is 0 Å². The molecular weight excluding hydrogens is 272 g/mol.